The summed E-state index contributed by atoms with van der Waals surface area (Å²) < 4.78 is 0. The van der Waals surface area contributed by atoms with Crippen LogP contribution < -0.4 is 5.32 Å². The average molecular weight is 344 g/mol. The van der Waals surface area contributed by atoms with Crippen LogP contribution in [0.25, 0.3) is 0 Å². The highest BCUT2D eigenvalue weighted by molar-refractivity contribution is 6.07. The molecule has 25 heavy (non-hydrogen) atoms. The number of hydrogen-bond acceptors (Lipinski definition) is 4. The largest absolute Gasteiger partial charge is 0.325 e. The van der Waals surface area contributed by atoms with E-state index in [0.29, 0.717) is 0 Å². The van der Waals surface area contributed by atoms with E-state index in [9.17, 15) is 9.59 Å². The molecule has 2 atom stereocenters. The molecular weight excluding hydrogens is 316 g/mol. The lowest BCUT2D eigenvalue weighted by Crippen LogP contribution is -2.56. The fraction of sp³-hybridized carbons (Fsp3) is 0.632. The maximum Gasteiger partial charge on any atom is 0.325 e. The number of rotatable bonds is 5. The van der Waals surface area contributed by atoms with Gasteiger partial charge >= 0.3 is 6.03 Å². The zero-order valence-electron chi connectivity index (χ0n) is 15.4. The van der Waals surface area contributed by atoms with Gasteiger partial charge in [0.2, 0.25) is 0 Å². The van der Waals surface area contributed by atoms with Crippen LogP contribution in [0.4, 0.5) is 4.79 Å². The number of nitrogens with zero attached hydrogens (tertiary/aromatic N) is 3. The van der Waals surface area contributed by atoms with Crippen LogP contribution in [0.5, 0.6) is 0 Å². The smallest absolute Gasteiger partial charge is 0.323 e. The van der Waals surface area contributed by atoms with Gasteiger partial charge in [-0.25, -0.2) is 4.79 Å². The molecule has 2 saturated heterocycles. The van der Waals surface area contributed by atoms with Crippen molar-refractivity contribution >= 4 is 11.9 Å². The van der Waals surface area contributed by atoms with Gasteiger partial charge in [0.15, 0.2) is 0 Å². The van der Waals surface area contributed by atoms with E-state index in [0.717, 1.165) is 38.9 Å². The summed E-state index contributed by atoms with van der Waals surface area (Å²) in [7, 11) is 0. The van der Waals surface area contributed by atoms with Crippen LogP contribution in [0.3, 0.4) is 0 Å². The number of amides is 3. The number of aromatic nitrogens is 1. The van der Waals surface area contributed by atoms with Gasteiger partial charge in [0.1, 0.15) is 5.54 Å². The summed E-state index contributed by atoms with van der Waals surface area (Å²) in [5.74, 6) is 0.0763. The Bertz CT molecular complexity index is 634. The van der Waals surface area contributed by atoms with Crippen LogP contribution in [-0.2, 0) is 11.2 Å². The average Bonchev–Trinajstić information content (AvgIpc) is 2.84. The summed E-state index contributed by atoms with van der Waals surface area (Å²) in [6, 6.07) is 3.73. The summed E-state index contributed by atoms with van der Waals surface area (Å²) in [6.07, 6.45) is 6.65. The van der Waals surface area contributed by atoms with Crippen LogP contribution >= 0.6 is 0 Å². The topological polar surface area (TPSA) is 65.5 Å². The van der Waals surface area contributed by atoms with Crippen molar-refractivity contribution in [3.8, 4) is 0 Å². The van der Waals surface area contributed by atoms with Gasteiger partial charge in [-0.1, -0.05) is 0 Å². The zero-order valence-corrected chi connectivity index (χ0v) is 15.4. The molecule has 0 spiro atoms. The molecule has 0 radical (unpaired) electrons. The monoisotopic (exact) mass is 344 g/mol. The van der Waals surface area contributed by atoms with E-state index >= 15 is 0 Å². The van der Waals surface area contributed by atoms with Crippen LogP contribution in [0.15, 0.2) is 24.5 Å². The summed E-state index contributed by atoms with van der Waals surface area (Å²) in [6.45, 7) is 8.52. The molecule has 6 heteroatoms. The maximum absolute atomic E-state index is 12.9. The Labute approximate surface area is 149 Å². The summed E-state index contributed by atoms with van der Waals surface area (Å²) in [5.41, 5.74) is 0.496. The Morgan fingerprint density at radius 2 is 2.04 bits per heavy atom. The highest BCUT2D eigenvalue weighted by atomic mass is 16.2. The summed E-state index contributed by atoms with van der Waals surface area (Å²) in [4.78, 5) is 33.0. The lowest BCUT2D eigenvalue weighted by Gasteiger charge is -2.40. The molecule has 2 aliphatic rings. The minimum absolute atomic E-state index is 0.0755. The molecule has 1 aromatic heterocycles. The number of pyridine rings is 1. The predicted octanol–water partition coefficient (Wildman–Crippen LogP) is 2.05. The van der Waals surface area contributed by atoms with E-state index in [4.69, 9.17) is 0 Å². The van der Waals surface area contributed by atoms with Crippen molar-refractivity contribution in [3.05, 3.63) is 30.1 Å². The lowest BCUT2D eigenvalue weighted by atomic mass is 9.79. The molecule has 2 fully saturated rings. The van der Waals surface area contributed by atoms with E-state index < -0.39 is 5.54 Å². The predicted molar refractivity (Wildman–Crippen MR) is 96.0 cm³/mol. The first-order valence-corrected chi connectivity index (χ1v) is 9.19. The van der Waals surface area contributed by atoms with E-state index in [-0.39, 0.29) is 23.9 Å². The van der Waals surface area contributed by atoms with Crippen molar-refractivity contribution in [2.45, 2.75) is 51.6 Å². The van der Waals surface area contributed by atoms with Crippen LogP contribution in [0, 0.1) is 5.92 Å². The van der Waals surface area contributed by atoms with Crippen LogP contribution in [0.2, 0.25) is 0 Å². The fourth-order valence-corrected chi connectivity index (χ4v) is 3.99. The standard InChI is InChI=1S/C19H28N4O2/c1-14(2)23-17(24)19(3,21-18(23)25)16-5-4-11-22(13-16)12-8-15-6-9-20-10-7-15/h6-7,9-10,14,16H,4-5,8,11-13H2,1-3H3,(H,21,25)/t16-,19+/m1/s1. The third kappa shape index (κ3) is 3.54. The Balaban J connectivity index is 1.65. The molecule has 0 bridgehead atoms. The van der Waals surface area contributed by atoms with Crippen molar-refractivity contribution in [3.63, 3.8) is 0 Å². The number of urea groups is 1. The highest BCUT2D eigenvalue weighted by Crippen LogP contribution is 2.33. The van der Waals surface area contributed by atoms with Crippen molar-refractivity contribution in [1.82, 2.24) is 20.1 Å². The van der Waals surface area contributed by atoms with E-state index in [1.54, 1.807) is 0 Å². The zero-order chi connectivity index (χ0) is 18.0. The van der Waals surface area contributed by atoms with Gasteiger partial charge < -0.3 is 10.2 Å². The van der Waals surface area contributed by atoms with Gasteiger partial charge in [-0.3, -0.25) is 14.7 Å². The molecule has 0 aromatic carbocycles. The van der Waals surface area contributed by atoms with Crippen molar-refractivity contribution in [1.29, 1.82) is 0 Å². The first-order valence-electron chi connectivity index (χ1n) is 9.19. The Morgan fingerprint density at radius 3 is 2.68 bits per heavy atom. The third-order valence-corrected chi connectivity index (χ3v) is 5.55. The number of hydrogen-bond donors (Lipinski definition) is 1. The molecule has 0 unspecified atom stereocenters. The second kappa shape index (κ2) is 7.12. The number of carbonyl (C=O) groups is 2. The fourth-order valence-electron chi connectivity index (χ4n) is 3.99. The molecule has 1 aromatic rings. The van der Waals surface area contributed by atoms with E-state index in [1.807, 2.05) is 45.3 Å². The summed E-state index contributed by atoms with van der Waals surface area (Å²) >= 11 is 0. The SMILES string of the molecule is CC(C)N1C(=O)N[C@@](C)([C@@H]2CCCN(CCc3ccncc3)C2)C1=O. The molecule has 6 nitrogen and oxygen atoms in total. The number of likely N-dealkylation sites (tertiary alicyclic amines) is 1. The molecule has 0 saturated carbocycles. The summed E-state index contributed by atoms with van der Waals surface area (Å²) in [5, 5.41) is 2.98. The van der Waals surface area contributed by atoms with Crippen molar-refractivity contribution in [2.24, 2.45) is 5.92 Å². The first-order chi connectivity index (χ1) is 11.9. The number of piperidine rings is 1. The van der Waals surface area contributed by atoms with Crippen molar-refractivity contribution < 1.29 is 9.59 Å². The van der Waals surface area contributed by atoms with Gasteiger partial charge in [0, 0.05) is 37.4 Å². The molecular formula is C19H28N4O2. The Morgan fingerprint density at radius 1 is 1.32 bits per heavy atom. The molecule has 3 heterocycles. The number of nitrogens with one attached hydrogen (secondary N) is 1. The molecule has 2 aliphatic heterocycles. The molecule has 1 N–H and O–H groups in total. The minimum Gasteiger partial charge on any atom is -0.323 e. The third-order valence-electron chi connectivity index (χ3n) is 5.55. The first kappa shape index (κ1) is 17.9. The lowest BCUT2D eigenvalue weighted by molar-refractivity contribution is -0.134. The van der Waals surface area contributed by atoms with Gasteiger partial charge in [0.05, 0.1) is 0 Å². The van der Waals surface area contributed by atoms with Crippen molar-refractivity contribution in [2.75, 3.05) is 19.6 Å². The van der Waals surface area contributed by atoms with Gasteiger partial charge in [-0.2, -0.15) is 0 Å². The van der Waals surface area contributed by atoms with Gasteiger partial charge in [0.25, 0.3) is 5.91 Å². The molecule has 3 rings (SSSR count). The van der Waals surface area contributed by atoms with E-state index in [2.05, 4.69) is 15.2 Å². The number of imide groups is 1. The van der Waals surface area contributed by atoms with Gasteiger partial charge in [-0.15, -0.1) is 0 Å². The molecule has 0 aliphatic carbocycles. The normalized spacial score (nSPS) is 27.8. The quantitative estimate of drug-likeness (QED) is 0.831. The molecule has 136 valence electrons. The minimum atomic E-state index is -0.781. The molecule has 3 amide bonds. The second-order valence-corrected chi connectivity index (χ2v) is 7.65. The van der Waals surface area contributed by atoms with Gasteiger partial charge in [-0.05, 0) is 64.3 Å². The number of carbonyl (C=O) groups excluding carboxylic acids is 2. The Hall–Kier alpha value is -1.95. The van der Waals surface area contributed by atoms with Crippen LogP contribution in [-0.4, -0.2) is 57.9 Å². The highest BCUT2D eigenvalue weighted by Gasteiger charge is 2.53. The second-order valence-electron chi connectivity index (χ2n) is 7.65. The van der Waals surface area contributed by atoms with Crippen LogP contribution in [0.1, 0.15) is 39.2 Å². The maximum atomic E-state index is 12.9. The Kier molecular flexibility index (Phi) is 5.08. The van der Waals surface area contributed by atoms with E-state index in [1.165, 1.54) is 10.5 Å².